The second kappa shape index (κ2) is 7.03. The van der Waals surface area contributed by atoms with Crippen LogP contribution >= 0.6 is 28.1 Å². The van der Waals surface area contributed by atoms with Gasteiger partial charge in [0.25, 0.3) is 5.91 Å². The summed E-state index contributed by atoms with van der Waals surface area (Å²) < 4.78 is 1.03. The summed E-state index contributed by atoms with van der Waals surface area (Å²) in [6.07, 6.45) is 0. The number of anilines is 1. The van der Waals surface area contributed by atoms with Gasteiger partial charge in [0.2, 0.25) is 0 Å². The smallest absolute Gasteiger partial charge is 0.257 e. The number of benzene rings is 2. The van der Waals surface area contributed by atoms with E-state index >= 15 is 0 Å². The van der Waals surface area contributed by atoms with Crippen molar-refractivity contribution in [1.82, 2.24) is 5.32 Å². The van der Waals surface area contributed by atoms with E-state index in [1.165, 1.54) is 0 Å². The monoisotopic (exact) mass is 376 g/mol. The molecule has 0 fully saturated rings. The molecule has 22 heavy (non-hydrogen) atoms. The van der Waals surface area contributed by atoms with Crippen LogP contribution in [0.2, 0.25) is 0 Å². The molecule has 0 saturated carbocycles. The molecule has 0 atom stereocenters. The van der Waals surface area contributed by atoms with E-state index in [-0.39, 0.29) is 11.0 Å². The largest absolute Gasteiger partial charge is 0.332 e. The van der Waals surface area contributed by atoms with E-state index in [0.29, 0.717) is 5.56 Å². The molecular formula is C17H17BrN2OS. The summed E-state index contributed by atoms with van der Waals surface area (Å²) in [5.41, 5.74) is 4.63. The molecule has 0 aliphatic rings. The van der Waals surface area contributed by atoms with Crippen molar-refractivity contribution >= 4 is 44.9 Å². The minimum atomic E-state index is -0.210. The molecule has 2 N–H and O–H groups in total. The number of hydrogen-bond acceptors (Lipinski definition) is 2. The molecule has 2 rings (SSSR count). The van der Waals surface area contributed by atoms with Crippen LogP contribution in [-0.2, 0) is 0 Å². The Morgan fingerprint density at radius 2 is 1.68 bits per heavy atom. The first-order valence-electron chi connectivity index (χ1n) is 6.82. The van der Waals surface area contributed by atoms with Crippen molar-refractivity contribution in [3.63, 3.8) is 0 Å². The van der Waals surface area contributed by atoms with Gasteiger partial charge in [0, 0.05) is 15.7 Å². The average molecular weight is 377 g/mol. The van der Waals surface area contributed by atoms with E-state index in [1.807, 2.05) is 57.2 Å². The predicted octanol–water partition coefficient (Wildman–Crippen LogP) is 4.50. The van der Waals surface area contributed by atoms with E-state index in [4.69, 9.17) is 12.2 Å². The third kappa shape index (κ3) is 4.39. The van der Waals surface area contributed by atoms with Crippen molar-refractivity contribution in [3.05, 3.63) is 63.1 Å². The van der Waals surface area contributed by atoms with Crippen molar-refractivity contribution in [2.45, 2.75) is 20.8 Å². The van der Waals surface area contributed by atoms with Gasteiger partial charge in [0.1, 0.15) is 0 Å². The molecule has 1 amide bonds. The minimum absolute atomic E-state index is 0.210. The van der Waals surface area contributed by atoms with Crippen LogP contribution < -0.4 is 10.6 Å². The van der Waals surface area contributed by atoms with Crippen molar-refractivity contribution in [1.29, 1.82) is 0 Å². The second-order valence-electron chi connectivity index (χ2n) is 5.25. The summed E-state index contributed by atoms with van der Waals surface area (Å²) in [6, 6.07) is 11.5. The Balaban J connectivity index is 2.04. The molecule has 0 heterocycles. The van der Waals surface area contributed by atoms with Gasteiger partial charge in [-0.2, -0.15) is 0 Å². The lowest BCUT2D eigenvalue weighted by Crippen LogP contribution is -2.34. The first-order valence-corrected chi connectivity index (χ1v) is 8.02. The van der Waals surface area contributed by atoms with Crippen molar-refractivity contribution in [3.8, 4) is 0 Å². The molecule has 5 heteroatoms. The number of carbonyl (C=O) groups excluding carboxylic acids is 1. The van der Waals surface area contributed by atoms with E-state index in [0.717, 1.165) is 26.9 Å². The van der Waals surface area contributed by atoms with Crippen LogP contribution in [0.15, 0.2) is 40.9 Å². The van der Waals surface area contributed by atoms with Crippen LogP contribution in [0, 0.1) is 20.8 Å². The van der Waals surface area contributed by atoms with Crippen molar-refractivity contribution in [2.24, 2.45) is 0 Å². The molecule has 114 valence electrons. The Morgan fingerprint density at radius 1 is 1.05 bits per heavy atom. The fourth-order valence-corrected chi connectivity index (χ4v) is 2.62. The molecule has 0 aliphatic carbocycles. The summed E-state index contributed by atoms with van der Waals surface area (Å²) in [6.45, 7) is 5.92. The standard InChI is InChI=1S/C17H17BrN2OS/c1-10-6-11(2)8-13(7-10)16(21)20-17(22)19-14-4-5-15(18)12(3)9-14/h4-9H,1-3H3,(H2,19,20,21,22). The van der Waals surface area contributed by atoms with Crippen molar-refractivity contribution < 1.29 is 4.79 Å². The fourth-order valence-electron chi connectivity index (χ4n) is 2.17. The zero-order chi connectivity index (χ0) is 16.3. The highest BCUT2D eigenvalue weighted by Gasteiger charge is 2.09. The van der Waals surface area contributed by atoms with E-state index in [9.17, 15) is 4.79 Å². The van der Waals surface area contributed by atoms with E-state index in [1.54, 1.807) is 0 Å². The van der Waals surface area contributed by atoms with Gasteiger partial charge in [0.15, 0.2) is 5.11 Å². The number of nitrogens with one attached hydrogen (secondary N) is 2. The lowest BCUT2D eigenvalue weighted by atomic mass is 10.1. The van der Waals surface area contributed by atoms with Crippen LogP contribution in [0.25, 0.3) is 0 Å². The van der Waals surface area contributed by atoms with Crippen LogP contribution in [0.3, 0.4) is 0 Å². The summed E-state index contributed by atoms with van der Waals surface area (Å²) in [7, 11) is 0. The zero-order valence-electron chi connectivity index (χ0n) is 12.7. The Hall–Kier alpha value is -1.72. The highest BCUT2D eigenvalue weighted by atomic mass is 79.9. The van der Waals surface area contributed by atoms with Crippen LogP contribution in [0.1, 0.15) is 27.0 Å². The molecule has 0 spiro atoms. The summed E-state index contributed by atoms with van der Waals surface area (Å²) in [4.78, 5) is 12.2. The Bertz CT molecular complexity index is 723. The third-order valence-electron chi connectivity index (χ3n) is 3.13. The maximum atomic E-state index is 12.2. The highest BCUT2D eigenvalue weighted by molar-refractivity contribution is 9.10. The molecule has 0 radical (unpaired) electrons. The number of halogens is 1. The SMILES string of the molecule is Cc1cc(C)cc(C(=O)NC(=S)Nc2ccc(Br)c(C)c2)c1. The molecule has 3 nitrogen and oxygen atoms in total. The Kier molecular flexibility index (Phi) is 5.32. The molecule has 2 aromatic carbocycles. The van der Waals surface area contributed by atoms with Gasteiger partial charge in [-0.25, -0.2) is 0 Å². The van der Waals surface area contributed by atoms with Gasteiger partial charge in [-0.3, -0.25) is 10.1 Å². The van der Waals surface area contributed by atoms with Gasteiger partial charge >= 0.3 is 0 Å². The fraction of sp³-hybridized carbons (Fsp3) is 0.176. The topological polar surface area (TPSA) is 41.1 Å². The molecule has 0 unspecified atom stereocenters. The molecule has 0 saturated heterocycles. The zero-order valence-corrected chi connectivity index (χ0v) is 15.1. The summed E-state index contributed by atoms with van der Waals surface area (Å²) >= 11 is 8.65. The number of rotatable bonds is 2. The number of thiocarbonyl (C=S) groups is 1. The van der Waals surface area contributed by atoms with E-state index in [2.05, 4.69) is 26.6 Å². The molecule has 0 aromatic heterocycles. The lowest BCUT2D eigenvalue weighted by molar-refractivity contribution is 0.0977. The molecular weight excluding hydrogens is 360 g/mol. The van der Waals surface area contributed by atoms with Crippen LogP contribution in [-0.4, -0.2) is 11.0 Å². The van der Waals surface area contributed by atoms with Gasteiger partial charge in [0.05, 0.1) is 0 Å². The lowest BCUT2D eigenvalue weighted by Gasteiger charge is -2.11. The average Bonchev–Trinajstić information content (AvgIpc) is 2.41. The van der Waals surface area contributed by atoms with Gasteiger partial charge in [-0.1, -0.05) is 33.1 Å². The number of hydrogen-bond donors (Lipinski definition) is 2. The molecule has 0 aliphatic heterocycles. The van der Waals surface area contributed by atoms with Crippen LogP contribution in [0.4, 0.5) is 5.69 Å². The Labute approximate surface area is 144 Å². The van der Waals surface area contributed by atoms with E-state index < -0.39 is 0 Å². The molecule has 0 bridgehead atoms. The maximum absolute atomic E-state index is 12.2. The summed E-state index contributed by atoms with van der Waals surface area (Å²) in [5.74, 6) is -0.210. The first kappa shape index (κ1) is 16.6. The number of amides is 1. The van der Waals surface area contributed by atoms with Gasteiger partial charge in [-0.05, 0) is 68.9 Å². The normalized spacial score (nSPS) is 10.2. The second-order valence-corrected chi connectivity index (χ2v) is 6.51. The molecule has 2 aromatic rings. The summed E-state index contributed by atoms with van der Waals surface area (Å²) in [5, 5.41) is 6.00. The minimum Gasteiger partial charge on any atom is -0.332 e. The van der Waals surface area contributed by atoms with Crippen molar-refractivity contribution in [2.75, 3.05) is 5.32 Å². The van der Waals surface area contributed by atoms with Gasteiger partial charge < -0.3 is 5.32 Å². The number of carbonyl (C=O) groups is 1. The Morgan fingerprint density at radius 3 is 2.27 bits per heavy atom. The highest BCUT2D eigenvalue weighted by Crippen LogP contribution is 2.20. The third-order valence-corrected chi connectivity index (χ3v) is 4.22. The predicted molar refractivity (Wildman–Crippen MR) is 98.5 cm³/mol. The first-order chi connectivity index (χ1) is 10.3. The van der Waals surface area contributed by atoms with Crippen LogP contribution in [0.5, 0.6) is 0 Å². The van der Waals surface area contributed by atoms with Gasteiger partial charge in [-0.15, -0.1) is 0 Å². The maximum Gasteiger partial charge on any atom is 0.257 e. The quantitative estimate of drug-likeness (QED) is 0.758. The number of aryl methyl sites for hydroxylation is 3.